The molecule has 0 aliphatic carbocycles. The van der Waals surface area contributed by atoms with E-state index in [1.807, 2.05) is 35.2 Å². The average molecular weight is 272 g/mol. The Labute approximate surface area is 122 Å². The molecule has 1 atom stereocenters. The number of carbonyl (C=O) groups excluding carboxylic acids is 2. The third kappa shape index (κ3) is 4.72. The van der Waals surface area contributed by atoms with Crippen LogP contribution in [0.4, 0.5) is 5.69 Å². The number of hydrogen-bond acceptors (Lipinski definition) is 2. The fraction of sp³-hybridized carbons (Fsp3) is 0.467. The summed E-state index contributed by atoms with van der Waals surface area (Å²) in [6, 6.07) is 9.72. The van der Waals surface area contributed by atoms with Crippen molar-refractivity contribution in [3.63, 3.8) is 0 Å². The van der Waals surface area contributed by atoms with Gasteiger partial charge in [0.25, 0.3) is 0 Å². The molecule has 0 aromatic heterocycles. The molecule has 1 heterocycles. The number of anilines is 1. The summed E-state index contributed by atoms with van der Waals surface area (Å²) in [7, 11) is 4.50. The predicted molar refractivity (Wildman–Crippen MR) is 81.8 cm³/mol. The van der Waals surface area contributed by atoms with E-state index in [1.165, 1.54) is 13.7 Å². The second-order valence-corrected chi connectivity index (χ2v) is 4.68. The van der Waals surface area contributed by atoms with Crippen LogP contribution >= 0.6 is 0 Å². The molecule has 5 heteroatoms. The maximum absolute atomic E-state index is 12.1. The second kappa shape index (κ2) is 8.41. The summed E-state index contributed by atoms with van der Waals surface area (Å²) in [5.41, 5.74) is 0.959. The molecule has 0 bridgehead atoms. The van der Waals surface area contributed by atoms with Gasteiger partial charge in [0.05, 0.1) is 7.85 Å². The van der Waals surface area contributed by atoms with Crippen LogP contribution in [0.5, 0.6) is 0 Å². The Kier molecular flexibility index (Phi) is 6.84. The summed E-state index contributed by atoms with van der Waals surface area (Å²) in [6.07, 6.45) is 1.44. The van der Waals surface area contributed by atoms with Crippen LogP contribution in [0.3, 0.4) is 0 Å². The summed E-state index contributed by atoms with van der Waals surface area (Å²) in [4.78, 5) is 24.7. The maximum Gasteiger partial charge on any atom is 0.227 e. The predicted octanol–water partition coefficient (Wildman–Crippen LogP) is 1.77. The molecule has 0 spiro atoms. The Bertz CT molecular complexity index is 437. The van der Waals surface area contributed by atoms with Crippen molar-refractivity contribution in [1.29, 1.82) is 0 Å². The number of rotatable bonds is 3. The van der Waals surface area contributed by atoms with Crippen LogP contribution in [0.25, 0.3) is 0 Å². The molecular formula is C15H21BN2O2. The van der Waals surface area contributed by atoms with Gasteiger partial charge in [0.15, 0.2) is 0 Å². The van der Waals surface area contributed by atoms with Crippen LogP contribution in [0.1, 0.15) is 19.8 Å². The number of hydrogen-bond donors (Lipinski definition) is 1. The largest absolute Gasteiger partial charge is 0.356 e. The fourth-order valence-corrected chi connectivity index (χ4v) is 2.24. The molecule has 1 unspecified atom stereocenters. The first-order valence-electron chi connectivity index (χ1n) is 6.84. The molecular weight excluding hydrogens is 251 g/mol. The summed E-state index contributed by atoms with van der Waals surface area (Å²) in [6.45, 7) is 4.33. The molecule has 0 saturated carbocycles. The molecule has 4 nitrogen and oxygen atoms in total. The van der Waals surface area contributed by atoms with Crippen molar-refractivity contribution in [3.05, 3.63) is 30.3 Å². The van der Waals surface area contributed by atoms with Crippen molar-refractivity contribution < 1.29 is 9.59 Å². The molecule has 1 aliphatic rings. The molecule has 1 N–H and O–H groups in total. The van der Waals surface area contributed by atoms with Gasteiger partial charge in [-0.1, -0.05) is 25.0 Å². The van der Waals surface area contributed by atoms with Gasteiger partial charge in [0, 0.05) is 32.1 Å². The first-order chi connectivity index (χ1) is 9.66. The van der Waals surface area contributed by atoms with E-state index in [2.05, 4.69) is 13.2 Å². The lowest BCUT2D eigenvalue weighted by Gasteiger charge is -2.31. The number of para-hydroxylation sites is 1. The van der Waals surface area contributed by atoms with E-state index in [9.17, 15) is 9.59 Å². The maximum atomic E-state index is 12.1. The highest BCUT2D eigenvalue weighted by molar-refractivity contribution is 6.05. The van der Waals surface area contributed by atoms with Crippen molar-refractivity contribution in [3.8, 4) is 0 Å². The third-order valence-corrected chi connectivity index (χ3v) is 3.23. The Morgan fingerprint density at radius 3 is 2.55 bits per heavy atom. The summed E-state index contributed by atoms with van der Waals surface area (Å²) in [5, 5.41) is 2.78. The Morgan fingerprint density at radius 1 is 1.35 bits per heavy atom. The van der Waals surface area contributed by atoms with Gasteiger partial charge in [-0.05, 0) is 24.5 Å². The van der Waals surface area contributed by atoms with Crippen LogP contribution in [-0.2, 0) is 9.59 Å². The number of amides is 2. The van der Waals surface area contributed by atoms with Crippen molar-refractivity contribution >= 4 is 25.3 Å². The summed E-state index contributed by atoms with van der Waals surface area (Å²) >= 11 is 0. The van der Waals surface area contributed by atoms with E-state index in [0.29, 0.717) is 13.0 Å². The van der Waals surface area contributed by atoms with Crippen molar-refractivity contribution in [2.75, 3.05) is 18.0 Å². The van der Waals surface area contributed by atoms with E-state index in [0.717, 1.165) is 18.7 Å². The highest BCUT2D eigenvalue weighted by Crippen LogP contribution is 2.23. The van der Waals surface area contributed by atoms with Gasteiger partial charge in [-0.15, -0.1) is 0 Å². The van der Waals surface area contributed by atoms with E-state index in [4.69, 9.17) is 0 Å². The number of nitrogens with zero attached hydrogens (tertiary/aromatic N) is 1. The molecule has 2 rings (SSSR count). The SMILES string of the molecule is CC(=O)NCC1CCN(c2ccccc2)C(=O)C1.[B]C. The van der Waals surface area contributed by atoms with E-state index < -0.39 is 0 Å². The zero-order valence-corrected chi connectivity index (χ0v) is 12.1. The van der Waals surface area contributed by atoms with Gasteiger partial charge >= 0.3 is 0 Å². The minimum absolute atomic E-state index is 0.0343. The standard InChI is InChI=1S/C14H18N2O2.CH3B/c1-11(17)15-10-12-7-8-16(14(18)9-12)13-5-3-2-4-6-13;1-2/h2-6,12H,7-10H2,1H3,(H,15,17);1H3. The van der Waals surface area contributed by atoms with Gasteiger partial charge in [-0.25, -0.2) is 0 Å². The third-order valence-electron chi connectivity index (χ3n) is 3.23. The zero-order valence-electron chi connectivity index (χ0n) is 12.1. The second-order valence-electron chi connectivity index (χ2n) is 4.68. The van der Waals surface area contributed by atoms with Crippen LogP contribution < -0.4 is 10.2 Å². The average Bonchev–Trinajstić information content (AvgIpc) is 2.48. The van der Waals surface area contributed by atoms with Crippen molar-refractivity contribution in [2.45, 2.75) is 26.6 Å². The monoisotopic (exact) mass is 272 g/mol. The Balaban J connectivity index is 0.000000956. The lowest BCUT2D eigenvalue weighted by atomic mass is 9.95. The highest BCUT2D eigenvalue weighted by Gasteiger charge is 2.26. The van der Waals surface area contributed by atoms with Crippen LogP contribution in [0.15, 0.2) is 30.3 Å². The highest BCUT2D eigenvalue weighted by atomic mass is 16.2. The van der Waals surface area contributed by atoms with E-state index >= 15 is 0 Å². The van der Waals surface area contributed by atoms with E-state index in [1.54, 1.807) is 0 Å². The molecule has 1 aromatic rings. The lowest BCUT2D eigenvalue weighted by molar-refractivity contribution is -0.122. The van der Waals surface area contributed by atoms with Gasteiger partial charge in [0.2, 0.25) is 11.8 Å². The topological polar surface area (TPSA) is 49.4 Å². The van der Waals surface area contributed by atoms with Crippen LogP contribution in [0.2, 0.25) is 6.82 Å². The zero-order chi connectivity index (χ0) is 15.0. The quantitative estimate of drug-likeness (QED) is 0.852. The van der Waals surface area contributed by atoms with Crippen molar-refractivity contribution in [1.82, 2.24) is 5.32 Å². The van der Waals surface area contributed by atoms with E-state index in [-0.39, 0.29) is 17.7 Å². The van der Waals surface area contributed by atoms with Crippen LogP contribution in [-0.4, -0.2) is 32.8 Å². The van der Waals surface area contributed by atoms with Crippen LogP contribution in [0, 0.1) is 5.92 Å². The molecule has 1 aromatic carbocycles. The number of piperidine rings is 1. The number of carbonyl (C=O) groups is 2. The summed E-state index contributed by atoms with van der Waals surface area (Å²) < 4.78 is 0. The Morgan fingerprint density at radius 2 is 2.00 bits per heavy atom. The van der Waals surface area contributed by atoms with Gasteiger partial charge < -0.3 is 10.2 Å². The first-order valence-corrected chi connectivity index (χ1v) is 6.84. The minimum Gasteiger partial charge on any atom is -0.356 e. The molecule has 1 aliphatic heterocycles. The Hall–Kier alpha value is -1.78. The number of benzene rings is 1. The molecule has 20 heavy (non-hydrogen) atoms. The molecule has 2 amide bonds. The minimum atomic E-state index is -0.0343. The first kappa shape index (κ1) is 16.3. The molecule has 1 saturated heterocycles. The van der Waals surface area contributed by atoms with Gasteiger partial charge in [-0.3, -0.25) is 9.59 Å². The fourth-order valence-electron chi connectivity index (χ4n) is 2.24. The summed E-state index contributed by atoms with van der Waals surface area (Å²) in [5.74, 6) is 0.372. The molecule has 1 fully saturated rings. The molecule has 2 radical (unpaired) electrons. The van der Waals surface area contributed by atoms with Crippen molar-refractivity contribution in [2.24, 2.45) is 5.92 Å². The smallest absolute Gasteiger partial charge is 0.227 e. The normalized spacial score (nSPS) is 18.0. The lowest BCUT2D eigenvalue weighted by Crippen LogP contribution is -2.42. The van der Waals surface area contributed by atoms with Gasteiger partial charge in [0.1, 0.15) is 0 Å². The molecule has 106 valence electrons. The number of nitrogens with one attached hydrogen (secondary N) is 1. The van der Waals surface area contributed by atoms with Gasteiger partial charge in [-0.2, -0.15) is 0 Å².